The number of aromatic nitrogens is 4. The number of nitrogens with one attached hydrogen (secondary N) is 1. The third-order valence-electron chi connectivity index (χ3n) is 5.85. The van der Waals surface area contributed by atoms with Crippen molar-refractivity contribution < 1.29 is 9.18 Å². The lowest BCUT2D eigenvalue weighted by Gasteiger charge is -2.15. The second-order valence-corrected chi connectivity index (χ2v) is 9.26. The summed E-state index contributed by atoms with van der Waals surface area (Å²) in [5.41, 5.74) is 4.00. The van der Waals surface area contributed by atoms with Gasteiger partial charge in [0.15, 0.2) is 5.16 Å². The number of anilines is 1. The first-order chi connectivity index (χ1) is 16.8. The van der Waals surface area contributed by atoms with Crippen LogP contribution in [0.15, 0.2) is 70.6 Å². The summed E-state index contributed by atoms with van der Waals surface area (Å²) in [6.45, 7) is 5.56. The van der Waals surface area contributed by atoms with Gasteiger partial charge in [-0.15, -0.1) is 10.2 Å². The Morgan fingerprint density at radius 1 is 0.971 bits per heavy atom. The molecule has 0 saturated heterocycles. The van der Waals surface area contributed by atoms with Crippen LogP contribution in [0.25, 0.3) is 22.4 Å². The highest BCUT2D eigenvalue weighted by atomic mass is 32.2. The van der Waals surface area contributed by atoms with Gasteiger partial charge in [0.2, 0.25) is 11.7 Å². The molecule has 0 fully saturated rings. The molecular formula is C26H22FN5O2S. The van der Waals surface area contributed by atoms with Crippen molar-refractivity contribution in [3.05, 3.63) is 93.5 Å². The van der Waals surface area contributed by atoms with E-state index in [0.29, 0.717) is 33.1 Å². The molecule has 0 saturated carbocycles. The Hall–Kier alpha value is -3.98. The number of hydrogen-bond donors (Lipinski definition) is 1. The normalized spacial score (nSPS) is 11.3. The fraction of sp³-hybridized carbons (Fsp3) is 0.154. The van der Waals surface area contributed by atoms with Gasteiger partial charge in [-0.2, -0.15) is 0 Å². The van der Waals surface area contributed by atoms with Gasteiger partial charge in [-0.3, -0.25) is 14.0 Å². The molecule has 9 heteroatoms. The summed E-state index contributed by atoms with van der Waals surface area (Å²) in [6.07, 6.45) is 0. The van der Waals surface area contributed by atoms with Gasteiger partial charge in [-0.1, -0.05) is 48.2 Å². The van der Waals surface area contributed by atoms with E-state index in [0.717, 1.165) is 16.8 Å². The van der Waals surface area contributed by atoms with E-state index in [1.165, 1.54) is 17.8 Å². The molecule has 0 radical (unpaired) electrons. The molecule has 176 valence electrons. The van der Waals surface area contributed by atoms with E-state index in [4.69, 9.17) is 0 Å². The molecule has 2 heterocycles. The van der Waals surface area contributed by atoms with E-state index in [1.54, 1.807) is 34.1 Å². The summed E-state index contributed by atoms with van der Waals surface area (Å²) in [5, 5.41) is 12.4. The van der Waals surface area contributed by atoms with Crippen LogP contribution in [-0.2, 0) is 4.79 Å². The molecule has 0 aliphatic carbocycles. The lowest BCUT2D eigenvalue weighted by molar-refractivity contribution is -0.113. The lowest BCUT2D eigenvalue weighted by Crippen LogP contribution is -2.23. The third-order valence-corrected chi connectivity index (χ3v) is 6.77. The summed E-state index contributed by atoms with van der Waals surface area (Å²) in [4.78, 5) is 26.1. The molecule has 0 unspecified atom stereocenters. The molecule has 1 amide bonds. The van der Waals surface area contributed by atoms with Gasteiger partial charge < -0.3 is 5.32 Å². The molecule has 2 aromatic heterocycles. The highest BCUT2D eigenvalue weighted by molar-refractivity contribution is 7.99. The number of rotatable bonds is 5. The number of benzene rings is 3. The summed E-state index contributed by atoms with van der Waals surface area (Å²) >= 11 is 1.19. The summed E-state index contributed by atoms with van der Waals surface area (Å²) in [5.74, 6) is -0.278. The number of amides is 1. The van der Waals surface area contributed by atoms with E-state index in [-0.39, 0.29) is 23.0 Å². The highest BCUT2D eigenvalue weighted by Gasteiger charge is 2.20. The molecule has 0 bridgehead atoms. The van der Waals surface area contributed by atoms with Gasteiger partial charge in [0, 0.05) is 5.69 Å². The Kier molecular flexibility index (Phi) is 5.86. The maximum atomic E-state index is 13.8. The van der Waals surface area contributed by atoms with Gasteiger partial charge in [0.1, 0.15) is 5.82 Å². The quantitative estimate of drug-likeness (QED) is 0.359. The fourth-order valence-corrected chi connectivity index (χ4v) is 4.87. The van der Waals surface area contributed by atoms with Crippen LogP contribution in [0, 0.1) is 26.6 Å². The van der Waals surface area contributed by atoms with E-state index in [2.05, 4.69) is 15.5 Å². The van der Waals surface area contributed by atoms with Crippen molar-refractivity contribution in [2.45, 2.75) is 25.9 Å². The molecule has 5 rings (SSSR count). The van der Waals surface area contributed by atoms with Crippen LogP contribution in [0.4, 0.5) is 10.1 Å². The molecule has 0 atom stereocenters. The summed E-state index contributed by atoms with van der Waals surface area (Å²) < 4.78 is 17.2. The minimum Gasteiger partial charge on any atom is -0.325 e. The topological polar surface area (TPSA) is 81.3 Å². The Labute approximate surface area is 204 Å². The number of fused-ring (bicyclic) bond motifs is 3. The summed E-state index contributed by atoms with van der Waals surface area (Å²) in [7, 11) is 0. The van der Waals surface area contributed by atoms with E-state index < -0.39 is 0 Å². The zero-order valence-electron chi connectivity index (χ0n) is 19.4. The van der Waals surface area contributed by atoms with Crippen LogP contribution < -0.4 is 10.9 Å². The predicted molar refractivity (Wildman–Crippen MR) is 136 cm³/mol. The smallest absolute Gasteiger partial charge is 0.267 e. The van der Waals surface area contributed by atoms with Crippen LogP contribution in [0.1, 0.15) is 16.7 Å². The zero-order valence-corrected chi connectivity index (χ0v) is 20.2. The average Bonchev–Trinajstić information content (AvgIpc) is 3.26. The summed E-state index contributed by atoms with van der Waals surface area (Å²) in [6, 6.07) is 17.7. The van der Waals surface area contributed by atoms with Crippen molar-refractivity contribution in [2.24, 2.45) is 0 Å². The number of para-hydroxylation sites is 2. The lowest BCUT2D eigenvalue weighted by atomic mass is 10.1. The largest absolute Gasteiger partial charge is 0.325 e. The SMILES string of the molecule is Cc1ccc(NC(=O)CSc2nnc3n(-c4c(C)cccc4C)c(=O)c4ccccc4n23)cc1F. The number of thioether (sulfide) groups is 1. The third kappa shape index (κ3) is 4.08. The van der Waals surface area contributed by atoms with Crippen LogP contribution >= 0.6 is 11.8 Å². The Morgan fingerprint density at radius 3 is 2.46 bits per heavy atom. The standard InChI is InChI=1S/C26H22FN5O2S/c1-15-11-12-18(13-20(15)27)28-22(33)14-35-26-30-29-25-31(26)21-10-5-4-9-19(21)24(34)32(25)23-16(2)7-6-8-17(23)3/h4-13H,14H2,1-3H3,(H,28,33). The van der Waals surface area contributed by atoms with Gasteiger partial charge in [0.25, 0.3) is 5.56 Å². The van der Waals surface area contributed by atoms with Crippen molar-refractivity contribution >= 4 is 40.0 Å². The number of aryl methyl sites for hydroxylation is 3. The van der Waals surface area contributed by atoms with Crippen LogP contribution in [0.2, 0.25) is 0 Å². The molecule has 3 aromatic carbocycles. The van der Waals surface area contributed by atoms with Crippen molar-refractivity contribution in [1.29, 1.82) is 0 Å². The maximum absolute atomic E-state index is 13.8. The number of halogens is 1. The molecule has 7 nitrogen and oxygen atoms in total. The number of carbonyl (C=O) groups is 1. The predicted octanol–water partition coefficient (Wildman–Crippen LogP) is 4.83. The zero-order chi connectivity index (χ0) is 24.7. The van der Waals surface area contributed by atoms with Crippen molar-refractivity contribution in [3.8, 4) is 5.69 Å². The van der Waals surface area contributed by atoms with E-state index in [9.17, 15) is 14.0 Å². The Morgan fingerprint density at radius 2 is 1.71 bits per heavy atom. The molecule has 1 N–H and O–H groups in total. The average molecular weight is 488 g/mol. The Bertz CT molecular complexity index is 1650. The molecular weight excluding hydrogens is 465 g/mol. The first-order valence-electron chi connectivity index (χ1n) is 11.0. The van der Waals surface area contributed by atoms with Crippen molar-refractivity contribution in [2.75, 3.05) is 11.1 Å². The first-order valence-corrected chi connectivity index (χ1v) is 12.0. The molecule has 0 aliphatic heterocycles. The van der Waals surface area contributed by atoms with Gasteiger partial charge in [-0.25, -0.2) is 8.96 Å². The Balaban J connectivity index is 1.57. The fourth-order valence-electron chi connectivity index (χ4n) is 4.13. The van der Waals surface area contributed by atoms with E-state index >= 15 is 0 Å². The van der Waals surface area contributed by atoms with Crippen LogP contribution in [0.5, 0.6) is 0 Å². The second-order valence-electron chi connectivity index (χ2n) is 8.32. The number of carbonyl (C=O) groups excluding carboxylic acids is 1. The van der Waals surface area contributed by atoms with Crippen molar-refractivity contribution in [3.63, 3.8) is 0 Å². The minimum absolute atomic E-state index is 0.0349. The minimum atomic E-state index is -0.380. The molecule has 5 aromatic rings. The van der Waals surface area contributed by atoms with Gasteiger partial charge in [-0.05, 0) is 61.7 Å². The number of hydrogen-bond acceptors (Lipinski definition) is 5. The van der Waals surface area contributed by atoms with Gasteiger partial charge in [0.05, 0.1) is 22.3 Å². The van der Waals surface area contributed by atoms with Gasteiger partial charge >= 0.3 is 0 Å². The first kappa shape index (κ1) is 22.8. The van der Waals surface area contributed by atoms with E-state index in [1.807, 2.05) is 50.2 Å². The van der Waals surface area contributed by atoms with Crippen LogP contribution in [0.3, 0.4) is 0 Å². The maximum Gasteiger partial charge on any atom is 0.267 e. The number of nitrogens with zero attached hydrogens (tertiary/aromatic N) is 4. The second kappa shape index (κ2) is 8.99. The molecule has 35 heavy (non-hydrogen) atoms. The monoisotopic (exact) mass is 487 g/mol. The molecule has 0 spiro atoms. The highest BCUT2D eigenvalue weighted by Crippen LogP contribution is 2.26. The van der Waals surface area contributed by atoms with Crippen LogP contribution in [-0.4, -0.2) is 30.8 Å². The molecule has 0 aliphatic rings. The van der Waals surface area contributed by atoms with Crippen molar-refractivity contribution in [1.82, 2.24) is 19.2 Å².